The molecule has 2 N–H and O–H groups in total. The number of rotatable bonds is 4. The Bertz CT molecular complexity index is 617. The van der Waals surface area contributed by atoms with Gasteiger partial charge in [0.25, 0.3) is 0 Å². The lowest BCUT2D eigenvalue weighted by Gasteiger charge is -2.10. The molecule has 0 aliphatic rings. The van der Waals surface area contributed by atoms with Gasteiger partial charge in [-0.3, -0.25) is 0 Å². The smallest absolute Gasteiger partial charge is 0.175 e. The monoisotopic (exact) mass is 330 g/mol. The maximum Gasteiger partial charge on any atom is 0.175 e. The van der Waals surface area contributed by atoms with Crippen molar-refractivity contribution in [2.45, 2.75) is 6.73 Å². The van der Waals surface area contributed by atoms with Crippen LogP contribution >= 0.6 is 35.4 Å². The molecule has 2 rings (SSSR count). The van der Waals surface area contributed by atoms with Gasteiger partial charge in [-0.2, -0.15) is 5.10 Å². The van der Waals surface area contributed by atoms with Crippen molar-refractivity contribution in [2.75, 3.05) is 17.7 Å². The number of aromatic nitrogens is 2. The Kier molecular flexibility index (Phi) is 5.19. The van der Waals surface area contributed by atoms with Crippen LogP contribution in [0, 0.1) is 0 Å². The third-order valence-corrected chi connectivity index (χ3v) is 3.08. The highest BCUT2D eigenvalue weighted by Crippen LogP contribution is 2.25. The van der Waals surface area contributed by atoms with Crippen LogP contribution in [0.25, 0.3) is 0 Å². The summed E-state index contributed by atoms with van der Waals surface area (Å²) in [6.45, 7) is 0.380. The lowest BCUT2D eigenvalue weighted by Crippen LogP contribution is -2.19. The van der Waals surface area contributed by atoms with Gasteiger partial charge in [0.05, 0.1) is 28.8 Å². The van der Waals surface area contributed by atoms with E-state index >= 15 is 0 Å². The van der Waals surface area contributed by atoms with Gasteiger partial charge in [-0.1, -0.05) is 23.2 Å². The quantitative estimate of drug-likeness (QED) is 0.839. The Morgan fingerprint density at radius 2 is 2.20 bits per heavy atom. The van der Waals surface area contributed by atoms with Gasteiger partial charge in [0.1, 0.15) is 6.73 Å². The predicted octanol–water partition coefficient (Wildman–Crippen LogP) is 3.60. The van der Waals surface area contributed by atoms with Crippen molar-refractivity contribution in [3.8, 4) is 0 Å². The Balaban J connectivity index is 1.97. The van der Waals surface area contributed by atoms with Gasteiger partial charge < -0.3 is 15.4 Å². The minimum absolute atomic E-state index is 0.380. The molecular formula is C12H12Cl2N4OS. The van der Waals surface area contributed by atoms with E-state index in [2.05, 4.69) is 15.7 Å². The number of benzene rings is 1. The molecule has 0 amide bonds. The summed E-state index contributed by atoms with van der Waals surface area (Å²) in [6, 6.07) is 5.13. The minimum Gasteiger partial charge on any atom is -0.362 e. The lowest BCUT2D eigenvalue weighted by atomic mass is 10.3. The zero-order valence-electron chi connectivity index (χ0n) is 10.6. The van der Waals surface area contributed by atoms with Crippen LogP contribution in [0.2, 0.25) is 10.0 Å². The van der Waals surface area contributed by atoms with Crippen LogP contribution < -0.4 is 10.6 Å². The lowest BCUT2D eigenvalue weighted by molar-refractivity contribution is 0.120. The summed E-state index contributed by atoms with van der Waals surface area (Å²) in [4.78, 5) is 0. The first-order valence-corrected chi connectivity index (χ1v) is 6.79. The van der Waals surface area contributed by atoms with E-state index in [-0.39, 0.29) is 0 Å². The molecule has 8 heteroatoms. The van der Waals surface area contributed by atoms with Gasteiger partial charge in [0, 0.05) is 12.1 Å². The van der Waals surface area contributed by atoms with E-state index in [0.29, 0.717) is 27.6 Å². The largest absolute Gasteiger partial charge is 0.362 e. The molecule has 1 aromatic heterocycles. The fraction of sp³-hybridized carbons (Fsp3) is 0.167. The fourth-order valence-corrected chi connectivity index (χ4v) is 2.19. The second-order valence-corrected chi connectivity index (χ2v) is 5.14. The van der Waals surface area contributed by atoms with Crippen LogP contribution in [-0.2, 0) is 11.5 Å². The van der Waals surface area contributed by atoms with E-state index < -0.39 is 0 Å². The Labute approximate surface area is 131 Å². The third-order valence-electron chi connectivity index (χ3n) is 2.33. The van der Waals surface area contributed by atoms with Crippen LogP contribution in [0.4, 0.5) is 11.4 Å². The van der Waals surface area contributed by atoms with Crippen molar-refractivity contribution >= 4 is 51.9 Å². The van der Waals surface area contributed by atoms with Crippen molar-refractivity contribution < 1.29 is 4.74 Å². The van der Waals surface area contributed by atoms with Gasteiger partial charge in [0.15, 0.2) is 5.11 Å². The first-order chi connectivity index (χ1) is 9.58. The summed E-state index contributed by atoms with van der Waals surface area (Å²) in [6.07, 6.45) is 3.43. The molecule has 0 saturated heterocycles. The molecular weight excluding hydrogens is 319 g/mol. The van der Waals surface area contributed by atoms with Crippen LogP contribution in [0.3, 0.4) is 0 Å². The van der Waals surface area contributed by atoms with Gasteiger partial charge in [-0.15, -0.1) is 0 Å². The van der Waals surface area contributed by atoms with E-state index in [1.807, 2.05) is 0 Å². The van der Waals surface area contributed by atoms with Crippen molar-refractivity contribution in [1.82, 2.24) is 9.78 Å². The van der Waals surface area contributed by atoms with Gasteiger partial charge in [-0.05, 0) is 30.4 Å². The maximum absolute atomic E-state index is 6.05. The molecule has 0 saturated carbocycles. The number of halogens is 2. The number of nitrogens with zero attached hydrogens (tertiary/aromatic N) is 2. The van der Waals surface area contributed by atoms with E-state index in [4.69, 9.17) is 40.2 Å². The molecule has 0 fully saturated rings. The summed E-state index contributed by atoms with van der Waals surface area (Å²) < 4.78 is 6.60. The zero-order chi connectivity index (χ0) is 14.5. The number of hydrogen-bond donors (Lipinski definition) is 2. The molecule has 5 nitrogen and oxygen atoms in total. The average molecular weight is 331 g/mol. The molecule has 20 heavy (non-hydrogen) atoms. The van der Waals surface area contributed by atoms with Crippen LogP contribution in [0.5, 0.6) is 0 Å². The first kappa shape index (κ1) is 15.1. The van der Waals surface area contributed by atoms with Crippen LogP contribution in [0.15, 0.2) is 30.6 Å². The molecule has 0 radical (unpaired) electrons. The van der Waals surface area contributed by atoms with Crippen molar-refractivity contribution in [1.29, 1.82) is 0 Å². The van der Waals surface area contributed by atoms with Crippen molar-refractivity contribution in [3.63, 3.8) is 0 Å². The summed E-state index contributed by atoms with van der Waals surface area (Å²) in [7, 11) is 1.60. The number of nitrogens with one attached hydrogen (secondary N) is 2. The predicted molar refractivity (Wildman–Crippen MR) is 85.5 cm³/mol. The number of ether oxygens (including phenoxy) is 1. The maximum atomic E-state index is 6.05. The highest BCUT2D eigenvalue weighted by Gasteiger charge is 2.05. The van der Waals surface area contributed by atoms with E-state index in [0.717, 1.165) is 5.69 Å². The molecule has 1 heterocycles. The molecule has 1 aromatic carbocycles. The van der Waals surface area contributed by atoms with Crippen molar-refractivity contribution in [2.24, 2.45) is 0 Å². The number of thiocarbonyl (C=S) groups is 1. The fourth-order valence-electron chi connectivity index (χ4n) is 1.51. The number of methoxy groups -OCH3 is 1. The second-order valence-electron chi connectivity index (χ2n) is 3.89. The first-order valence-electron chi connectivity index (χ1n) is 5.63. The third kappa shape index (κ3) is 4.08. The Morgan fingerprint density at radius 3 is 2.90 bits per heavy atom. The highest BCUT2D eigenvalue weighted by molar-refractivity contribution is 7.80. The molecule has 0 spiro atoms. The Hall–Kier alpha value is -1.34. The van der Waals surface area contributed by atoms with Crippen LogP contribution in [-0.4, -0.2) is 22.0 Å². The van der Waals surface area contributed by atoms with Crippen molar-refractivity contribution in [3.05, 3.63) is 40.6 Å². The van der Waals surface area contributed by atoms with E-state index in [1.165, 1.54) is 0 Å². The normalized spacial score (nSPS) is 10.3. The van der Waals surface area contributed by atoms with Gasteiger partial charge >= 0.3 is 0 Å². The summed E-state index contributed by atoms with van der Waals surface area (Å²) >= 11 is 17.1. The molecule has 0 aliphatic heterocycles. The highest BCUT2D eigenvalue weighted by atomic mass is 35.5. The topological polar surface area (TPSA) is 51.1 Å². The van der Waals surface area contributed by atoms with Gasteiger partial charge in [0.2, 0.25) is 0 Å². The molecule has 0 aliphatic carbocycles. The second kappa shape index (κ2) is 6.90. The average Bonchev–Trinajstić information content (AvgIpc) is 2.81. The summed E-state index contributed by atoms with van der Waals surface area (Å²) in [5.41, 5.74) is 1.43. The Morgan fingerprint density at radius 1 is 1.40 bits per heavy atom. The zero-order valence-corrected chi connectivity index (χ0v) is 12.9. The molecule has 0 unspecified atom stereocenters. The minimum atomic E-state index is 0.380. The van der Waals surface area contributed by atoms with E-state index in [1.54, 1.807) is 42.4 Å². The summed E-state index contributed by atoms with van der Waals surface area (Å²) in [5.74, 6) is 0. The van der Waals surface area contributed by atoms with E-state index in [9.17, 15) is 0 Å². The molecule has 0 atom stereocenters. The molecule has 0 bridgehead atoms. The SMILES string of the molecule is COCn1cc(NC(=S)Nc2ccc(Cl)cc2Cl)cn1. The molecule has 106 valence electrons. The standard InChI is InChI=1S/C12H12Cl2N4OS/c1-19-7-18-6-9(5-15-18)16-12(20)17-11-3-2-8(13)4-10(11)14/h2-6H,7H2,1H3,(H2,16,17,20). The van der Waals surface area contributed by atoms with Crippen LogP contribution in [0.1, 0.15) is 0 Å². The van der Waals surface area contributed by atoms with Gasteiger partial charge in [-0.25, -0.2) is 4.68 Å². The number of hydrogen-bond acceptors (Lipinski definition) is 3. The molecule has 2 aromatic rings. The summed E-state index contributed by atoms with van der Waals surface area (Å²) in [5, 5.41) is 11.6. The number of anilines is 2.